The Bertz CT molecular complexity index is 1330. The molecule has 2 aliphatic heterocycles. The third-order valence-corrected chi connectivity index (χ3v) is 9.68. The molecule has 9 nitrogen and oxygen atoms in total. The van der Waals surface area contributed by atoms with Crippen LogP contribution in [0.25, 0.3) is 0 Å². The summed E-state index contributed by atoms with van der Waals surface area (Å²) in [6, 6.07) is 20.6. The lowest BCUT2D eigenvalue weighted by Crippen LogP contribution is -2.66. The Morgan fingerprint density at radius 3 is 2.11 bits per heavy atom. The van der Waals surface area contributed by atoms with Crippen LogP contribution in [0.4, 0.5) is 6.01 Å². The molecule has 1 radical (unpaired) electrons. The van der Waals surface area contributed by atoms with Gasteiger partial charge in [-0.05, 0) is 15.8 Å². The molecule has 1 aromatic heterocycles. The lowest BCUT2D eigenvalue weighted by Gasteiger charge is -2.53. The number of carbonyl (C=O) groups excluding carboxylic acids is 1. The van der Waals surface area contributed by atoms with E-state index in [0.29, 0.717) is 19.6 Å². The smallest absolute Gasteiger partial charge is 0.298 e. The number of benzene rings is 2. The van der Waals surface area contributed by atoms with Gasteiger partial charge in [0.05, 0.1) is 19.3 Å². The van der Waals surface area contributed by atoms with Crippen molar-refractivity contribution in [1.29, 1.82) is 0 Å². The lowest BCUT2D eigenvalue weighted by atomic mass is 9.74. The van der Waals surface area contributed by atoms with E-state index in [-0.39, 0.29) is 28.9 Å². The fourth-order valence-electron chi connectivity index (χ4n) is 4.69. The molecule has 38 heavy (non-hydrogen) atoms. The highest BCUT2D eigenvalue weighted by atomic mass is 32.2. The zero-order valence-corrected chi connectivity index (χ0v) is 23.7. The lowest BCUT2D eigenvalue weighted by molar-refractivity contribution is -0.125. The topological polar surface area (TPSA) is 102 Å². The molecule has 2 fully saturated rings. The number of likely N-dealkylation sites (tertiary alicyclic amines) is 1. The molecule has 0 saturated carbocycles. The number of amides is 1. The molecule has 0 N–H and O–H groups in total. The first-order valence-corrected chi connectivity index (χ1v) is 15.8. The molecule has 11 heteroatoms. The Labute approximate surface area is 225 Å². The quantitative estimate of drug-likeness (QED) is 0.308. The SMILES string of the molecule is CC(C)(C)C1CN(C(=O)c2coc(N3CC(OS(C)(=O)=O)C3)n2)C1O[Si](c1ccccc1)c1ccccc1. The van der Waals surface area contributed by atoms with Crippen LogP contribution in [-0.2, 0) is 18.7 Å². The van der Waals surface area contributed by atoms with E-state index in [1.54, 1.807) is 9.80 Å². The second-order valence-electron chi connectivity index (χ2n) is 10.8. The molecule has 2 saturated heterocycles. The predicted octanol–water partition coefficient (Wildman–Crippen LogP) is 2.11. The van der Waals surface area contributed by atoms with Crippen molar-refractivity contribution in [1.82, 2.24) is 9.88 Å². The minimum absolute atomic E-state index is 0.0664. The molecule has 3 aromatic rings. The van der Waals surface area contributed by atoms with Gasteiger partial charge in [-0.1, -0.05) is 81.4 Å². The summed E-state index contributed by atoms with van der Waals surface area (Å²) >= 11 is 0. The van der Waals surface area contributed by atoms with E-state index in [1.165, 1.54) is 6.26 Å². The standard InChI is InChI=1S/C27H32N3O6SSi/c1-27(2,3)22-17-30(24(31)23-18-34-26(28-23)29-15-19(16-29)35-37(4,32)33)25(22)36-38(20-11-7-5-8-12-20)21-13-9-6-10-14-21/h5-14,18-19,22,25H,15-17H2,1-4H3. The van der Waals surface area contributed by atoms with Crippen LogP contribution in [0, 0.1) is 11.3 Å². The van der Waals surface area contributed by atoms with E-state index in [1.807, 2.05) is 36.4 Å². The average molecular weight is 555 g/mol. The molecule has 2 unspecified atom stereocenters. The summed E-state index contributed by atoms with van der Waals surface area (Å²) in [4.78, 5) is 21.4. The minimum Gasteiger partial charge on any atom is -0.431 e. The summed E-state index contributed by atoms with van der Waals surface area (Å²) in [7, 11) is -5.16. The van der Waals surface area contributed by atoms with Crippen molar-refractivity contribution in [2.24, 2.45) is 11.3 Å². The van der Waals surface area contributed by atoms with Crippen molar-refractivity contribution in [2.45, 2.75) is 33.1 Å². The average Bonchev–Trinajstić information content (AvgIpc) is 3.30. The Balaban J connectivity index is 1.34. The third kappa shape index (κ3) is 5.70. The van der Waals surface area contributed by atoms with Crippen LogP contribution in [0.1, 0.15) is 31.3 Å². The molecule has 0 aliphatic carbocycles. The van der Waals surface area contributed by atoms with E-state index in [2.05, 4.69) is 50.0 Å². The fraction of sp³-hybridized carbons (Fsp3) is 0.407. The van der Waals surface area contributed by atoms with Gasteiger partial charge in [-0.3, -0.25) is 8.98 Å². The van der Waals surface area contributed by atoms with E-state index < -0.39 is 31.5 Å². The number of rotatable bonds is 8. The molecule has 5 rings (SSSR count). The van der Waals surface area contributed by atoms with Gasteiger partial charge in [-0.25, -0.2) is 0 Å². The molecular formula is C27H32N3O6SSi. The van der Waals surface area contributed by atoms with Crippen LogP contribution in [0.2, 0.25) is 0 Å². The van der Waals surface area contributed by atoms with Crippen LogP contribution in [0.15, 0.2) is 71.3 Å². The first-order chi connectivity index (χ1) is 18.0. The monoisotopic (exact) mass is 554 g/mol. The molecule has 3 heterocycles. The summed E-state index contributed by atoms with van der Waals surface area (Å²) in [5.74, 6) is -0.105. The maximum Gasteiger partial charge on any atom is 0.298 e. The number of anilines is 1. The van der Waals surface area contributed by atoms with Crippen LogP contribution >= 0.6 is 0 Å². The molecule has 2 aliphatic rings. The van der Waals surface area contributed by atoms with Crippen LogP contribution in [-0.4, -0.2) is 71.5 Å². The van der Waals surface area contributed by atoms with Gasteiger partial charge in [-0.2, -0.15) is 13.4 Å². The van der Waals surface area contributed by atoms with Gasteiger partial charge in [-0.15, -0.1) is 0 Å². The number of aromatic nitrogens is 1. The zero-order chi connectivity index (χ0) is 27.1. The first kappa shape index (κ1) is 26.6. The van der Waals surface area contributed by atoms with Crippen molar-refractivity contribution in [3.05, 3.63) is 72.6 Å². The maximum absolute atomic E-state index is 13.6. The summed E-state index contributed by atoms with van der Waals surface area (Å²) < 4.78 is 40.1. The van der Waals surface area contributed by atoms with Gasteiger partial charge >= 0.3 is 0 Å². The fourth-order valence-corrected chi connectivity index (χ4v) is 7.44. The van der Waals surface area contributed by atoms with E-state index in [0.717, 1.165) is 16.6 Å². The first-order valence-electron chi connectivity index (χ1n) is 12.5. The molecule has 1 amide bonds. The Kier molecular flexibility index (Phi) is 7.20. The van der Waals surface area contributed by atoms with Gasteiger partial charge in [0, 0.05) is 12.5 Å². The van der Waals surface area contributed by atoms with Crippen LogP contribution in [0.3, 0.4) is 0 Å². The van der Waals surface area contributed by atoms with Gasteiger partial charge in [0.25, 0.3) is 31.1 Å². The van der Waals surface area contributed by atoms with Crippen molar-refractivity contribution in [3.63, 3.8) is 0 Å². The van der Waals surface area contributed by atoms with Crippen molar-refractivity contribution >= 4 is 41.5 Å². The number of carbonyl (C=O) groups is 1. The highest BCUT2D eigenvalue weighted by molar-refractivity contribution is 7.86. The Morgan fingerprint density at radius 1 is 1.00 bits per heavy atom. The largest absolute Gasteiger partial charge is 0.431 e. The Morgan fingerprint density at radius 2 is 1.58 bits per heavy atom. The van der Waals surface area contributed by atoms with E-state index >= 15 is 0 Å². The maximum atomic E-state index is 13.6. The highest BCUT2D eigenvalue weighted by Gasteiger charge is 2.50. The summed E-state index contributed by atoms with van der Waals surface area (Å²) in [5.41, 5.74) is 0.130. The summed E-state index contributed by atoms with van der Waals surface area (Å²) in [6.45, 7) is 7.70. The molecule has 2 aromatic carbocycles. The number of oxazole rings is 1. The summed E-state index contributed by atoms with van der Waals surface area (Å²) in [5, 5.41) is 2.23. The number of hydrogen-bond donors (Lipinski definition) is 0. The van der Waals surface area contributed by atoms with Gasteiger partial charge in [0.15, 0.2) is 5.69 Å². The van der Waals surface area contributed by atoms with Gasteiger partial charge in [0.1, 0.15) is 18.6 Å². The minimum atomic E-state index is -3.53. The number of nitrogens with zero attached hydrogens (tertiary/aromatic N) is 3. The Hall–Kier alpha value is -2.99. The normalized spacial score (nSPS) is 20.3. The van der Waals surface area contributed by atoms with Gasteiger partial charge < -0.3 is 18.6 Å². The van der Waals surface area contributed by atoms with Crippen LogP contribution in [0.5, 0.6) is 0 Å². The summed E-state index contributed by atoms with van der Waals surface area (Å²) in [6.07, 6.45) is 1.52. The molecule has 201 valence electrons. The zero-order valence-electron chi connectivity index (χ0n) is 21.9. The molecule has 0 spiro atoms. The molecular weight excluding hydrogens is 522 g/mol. The van der Waals surface area contributed by atoms with Crippen LogP contribution < -0.4 is 15.3 Å². The number of hydrogen-bond acceptors (Lipinski definition) is 8. The predicted molar refractivity (Wildman–Crippen MR) is 145 cm³/mol. The second-order valence-corrected chi connectivity index (χ2v) is 14.5. The van der Waals surface area contributed by atoms with Crippen molar-refractivity contribution in [3.8, 4) is 0 Å². The molecule has 2 atom stereocenters. The molecule has 0 bridgehead atoms. The second kappa shape index (κ2) is 10.3. The van der Waals surface area contributed by atoms with Crippen molar-refractivity contribution < 1.29 is 26.2 Å². The van der Waals surface area contributed by atoms with E-state index in [9.17, 15) is 13.2 Å². The third-order valence-electron chi connectivity index (χ3n) is 6.87. The highest BCUT2D eigenvalue weighted by Crippen LogP contribution is 2.41. The van der Waals surface area contributed by atoms with Gasteiger partial charge in [0.2, 0.25) is 0 Å². The van der Waals surface area contributed by atoms with E-state index in [4.69, 9.17) is 13.0 Å². The van der Waals surface area contributed by atoms with Crippen molar-refractivity contribution in [2.75, 3.05) is 30.8 Å².